The first-order valence-corrected chi connectivity index (χ1v) is 9.65. The topological polar surface area (TPSA) is 65.8 Å². The maximum absolute atomic E-state index is 13.9. The van der Waals surface area contributed by atoms with Crippen molar-refractivity contribution in [1.29, 1.82) is 0 Å². The lowest BCUT2D eigenvalue weighted by Crippen LogP contribution is -2.56. The predicted molar refractivity (Wildman–Crippen MR) is 103 cm³/mol. The number of benzene rings is 1. The number of hydrogen-bond donors (Lipinski definition) is 1. The number of halogens is 2. The number of rotatable bonds is 6. The highest BCUT2D eigenvalue weighted by atomic mass is 19.1. The highest BCUT2D eigenvalue weighted by molar-refractivity contribution is 5.98. The Morgan fingerprint density at radius 1 is 1.07 bits per heavy atom. The largest absolute Gasteiger partial charge is 0.468 e. The summed E-state index contributed by atoms with van der Waals surface area (Å²) >= 11 is 0. The molecule has 1 aliphatic heterocycles. The van der Waals surface area contributed by atoms with E-state index >= 15 is 0 Å². The van der Waals surface area contributed by atoms with Crippen molar-refractivity contribution in [3.8, 4) is 0 Å². The van der Waals surface area contributed by atoms with E-state index in [1.54, 1.807) is 25.0 Å². The number of nitrogens with one attached hydrogen (secondary N) is 1. The molecule has 0 aliphatic carbocycles. The smallest absolute Gasteiger partial charge is 0.257 e. The van der Waals surface area contributed by atoms with Gasteiger partial charge in [-0.3, -0.25) is 14.5 Å². The number of carbonyl (C=O) groups excluding carboxylic acids is 2. The van der Waals surface area contributed by atoms with Gasteiger partial charge in [-0.05, 0) is 30.2 Å². The summed E-state index contributed by atoms with van der Waals surface area (Å²) in [6, 6.07) is 6.10. The van der Waals surface area contributed by atoms with Crippen LogP contribution >= 0.6 is 0 Å². The Morgan fingerprint density at radius 2 is 1.72 bits per heavy atom. The summed E-state index contributed by atoms with van der Waals surface area (Å²) in [7, 11) is 0. The van der Waals surface area contributed by atoms with Crippen LogP contribution in [0.2, 0.25) is 0 Å². The molecule has 2 amide bonds. The minimum Gasteiger partial charge on any atom is -0.468 e. The Morgan fingerprint density at radius 3 is 2.28 bits per heavy atom. The van der Waals surface area contributed by atoms with Crippen LogP contribution in [0.4, 0.5) is 8.78 Å². The van der Waals surface area contributed by atoms with Crippen molar-refractivity contribution < 1.29 is 22.8 Å². The van der Waals surface area contributed by atoms with Crippen molar-refractivity contribution in [2.45, 2.75) is 26.4 Å². The maximum atomic E-state index is 13.9. The standard InChI is InChI=1S/C21H25F2N3O3/c1-14(2)19(24-20(27)18-16(22)6-3-7-17(18)23)21(28)26-10-8-25(9-11-26)13-15-5-4-12-29-15/h3-7,12,14,19H,8-11,13H2,1-2H3,(H,24,27). The molecule has 1 unspecified atom stereocenters. The first-order chi connectivity index (χ1) is 13.9. The molecule has 1 atom stereocenters. The summed E-state index contributed by atoms with van der Waals surface area (Å²) in [6.45, 7) is 6.60. The van der Waals surface area contributed by atoms with Gasteiger partial charge in [-0.15, -0.1) is 0 Å². The Labute approximate surface area is 168 Å². The Bertz CT molecular complexity index is 827. The molecule has 1 aliphatic rings. The van der Waals surface area contributed by atoms with Crippen LogP contribution in [0.25, 0.3) is 0 Å². The molecule has 0 radical (unpaired) electrons. The molecule has 1 N–H and O–H groups in total. The number of nitrogens with zero attached hydrogens (tertiary/aromatic N) is 2. The van der Waals surface area contributed by atoms with Crippen LogP contribution in [0, 0.1) is 17.6 Å². The van der Waals surface area contributed by atoms with Gasteiger partial charge in [-0.2, -0.15) is 0 Å². The van der Waals surface area contributed by atoms with Gasteiger partial charge in [0.25, 0.3) is 5.91 Å². The molecular formula is C21H25F2N3O3. The Balaban J connectivity index is 1.62. The van der Waals surface area contributed by atoms with E-state index in [0.29, 0.717) is 32.7 Å². The van der Waals surface area contributed by atoms with Gasteiger partial charge in [0.1, 0.15) is 29.0 Å². The van der Waals surface area contributed by atoms with Gasteiger partial charge in [-0.1, -0.05) is 19.9 Å². The van der Waals surface area contributed by atoms with Gasteiger partial charge in [0, 0.05) is 26.2 Å². The molecule has 6 nitrogen and oxygen atoms in total. The van der Waals surface area contributed by atoms with Crippen molar-refractivity contribution in [3.63, 3.8) is 0 Å². The minimum absolute atomic E-state index is 0.234. The summed E-state index contributed by atoms with van der Waals surface area (Å²) in [6.07, 6.45) is 1.63. The van der Waals surface area contributed by atoms with Gasteiger partial charge in [0.05, 0.1) is 12.8 Å². The molecule has 8 heteroatoms. The van der Waals surface area contributed by atoms with Crippen LogP contribution in [0.1, 0.15) is 30.0 Å². The van der Waals surface area contributed by atoms with Crippen LogP contribution in [0.15, 0.2) is 41.0 Å². The molecule has 1 aromatic heterocycles. The van der Waals surface area contributed by atoms with E-state index in [9.17, 15) is 18.4 Å². The summed E-state index contributed by atoms with van der Waals surface area (Å²) in [5, 5.41) is 2.52. The van der Waals surface area contributed by atoms with E-state index in [2.05, 4.69) is 10.2 Å². The molecule has 2 heterocycles. The van der Waals surface area contributed by atoms with Gasteiger partial charge < -0.3 is 14.6 Å². The van der Waals surface area contributed by atoms with E-state index in [-0.39, 0.29) is 11.8 Å². The number of hydrogen-bond acceptors (Lipinski definition) is 4. The highest BCUT2D eigenvalue weighted by Crippen LogP contribution is 2.15. The molecule has 156 valence electrons. The van der Waals surface area contributed by atoms with E-state index in [1.807, 2.05) is 12.1 Å². The summed E-state index contributed by atoms with van der Waals surface area (Å²) < 4.78 is 33.1. The van der Waals surface area contributed by atoms with Crippen molar-refractivity contribution in [3.05, 3.63) is 59.6 Å². The zero-order valence-electron chi connectivity index (χ0n) is 16.5. The van der Waals surface area contributed by atoms with Crippen LogP contribution in [0.3, 0.4) is 0 Å². The van der Waals surface area contributed by atoms with Crippen LogP contribution in [-0.4, -0.2) is 53.8 Å². The van der Waals surface area contributed by atoms with Gasteiger partial charge in [0.15, 0.2) is 0 Å². The fraction of sp³-hybridized carbons (Fsp3) is 0.429. The molecule has 1 saturated heterocycles. The molecule has 1 fully saturated rings. The number of piperazine rings is 1. The second-order valence-corrected chi connectivity index (χ2v) is 7.47. The molecule has 0 spiro atoms. The molecule has 1 aromatic carbocycles. The van der Waals surface area contributed by atoms with Crippen molar-refractivity contribution in [1.82, 2.24) is 15.1 Å². The molecule has 2 aromatic rings. The molecule has 0 bridgehead atoms. The van der Waals surface area contributed by atoms with Gasteiger partial charge in [-0.25, -0.2) is 8.78 Å². The predicted octanol–water partition coefficient (Wildman–Crippen LogP) is 2.66. The fourth-order valence-electron chi connectivity index (χ4n) is 3.39. The molecular weight excluding hydrogens is 380 g/mol. The third kappa shape index (κ3) is 5.00. The molecule has 3 rings (SSSR count). The summed E-state index contributed by atoms with van der Waals surface area (Å²) in [5.41, 5.74) is -0.672. The Hall–Kier alpha value is -2.74. The third-order valence-electron chi connectivity index (χ3n) is 5.05. The summed E-state index contributed by atoms with van der Waals surface area (Å²) in [4.78, 5) is 29.3. The normalized spacial score (nSPS) is 16.1. The lowest BCUT2D eigenvalue weighted by Gasteiger charge is -2.37. The van der Waals surface area contributed by atoms with Crippen molar-refractivity contribution >= 4 is 11.8 Å². The zero-order chi connectivity index (χ0) is 21.0. The van der Waals surface area contributed by atoms with Crippen molar-refractivity contribution in [2.75, 3.05) is 26.2 Å². The van der Waals surface area contributed by atoms with E-state index in [4.69, 9.17) is 4.42 Å². The van der Waals surface area contributed by atoms with Gasteiger partial charge in [0.2, 0.25) is 5.91 Å². The average Bonchev–Trinajstić information content (AvgIpc) is 3.19. The zero-order valence-corrected chi connectivity index (χ0v) is 16.5. The fourth-order valence-corrected chi connectivity index (χ4v) is 3.39. The Kier molecular flexibility index (Phi) is 6.64. The number of carbonyl (C=O) groups is 2. The van der Waals surface area contributed by atoms with Gasteiger partial charge >= 0.3 is 0 Å². The second-order valence-electron chi connectivity index (χ2n) is 7.47. The lowest BCUT2D eigenvalue weighted by atomic mass is 10.0. The summed E-state index contributed by atoms with van der Waals surface area (Å²) in [5.74, 6) is -2.45. The monoisotopic (exact) mass is 405 g/mol. The lowest BCUT2D eigenvalue weighted by molar-refractivity contribution is -0.136. The SMILES string of the molecule is CC(C)C(NC(=O)c1c(F)cccc1F)C(=O)N1CCN(Cc2ccco2)CC1. The van der Waals surface area contributed by atoms with E-state index < -0.39 is 29.1 Å². The van der Waals surface area contributed by atoms with Crippen molar-refractivity contribution in [2.24, 2.45) is 5.92 Å². The first kappa shape index (κ1) is 21.0. The van der Waals surface area contributed by atoms with Crippen LogP contribution in [0.5, 0.6) is 0 Å². The highest BCUT2D eigenvalue weighted by Gasteiger charge is 2.32. The number of amides is 2. The van der Waals surface area contributed by atoms with E-state index in [1.165, 1.54) is 6.07 Å². The van der Waals surface area contributed by atoms with Crippen LogP contribution < -0.4 is 5.32 Å². The maximum Gasteiger partial charge on any atom is 0.257 e. The quantitative estimate of drug-likeness (QED) is 0.803. The van der Waals surface area contributed by atoms with Crippen LogP contribution in [-0.2, 0) is 11.3 Å². The first-order valence-electron chi connectivity index (χ1n) is 9.65. The third-order valence-corrected chi connectivity index (χ3v) is 5.05. The molecule has 0 saturated carbocycles. The second kappa shape index (κ2) is 9.17. The van der Waals surface area contributed by atoms with E-state index in [0.717, 1.165) is 17.9 Å². The minimum atomic E-state index is -0.955. The molecule has 29 heavy (non-hydrogen) atoms. The number of furan rings is 1. The average molecular weight is 405 g/mol.